The van der Waals surface area contributed by atoms with Crippen molar-refractivity contribution in [2.75, 3.05) is 5.32 Å². The van der Waals surface area contributed by atoms with Gasteiger partial charge in [-0.05, 0) is 6.07 Å². The number of imidazole rings is 1. The van der Waals surface area contributed by atoms with Crippen LogP contribution in [0.25, 0.3) is 5.69 Å². The number of aromatic nitrogens is 3. The van der Waals surface area contributed by atoms with Crippen LogP contribution in [0.15, 0.2) is 24.8 Å². The molecule has 0 saturated heterocycles. The zero-order valence-corrected chi connectivity index (χ0v) is 10.4. The van der Waals surface area contributed by atoms with Crippen molar-refractivity contribution in [1.82, 2.24) is 14.5 Å². The Labute approximate surface area is 101 Å². The molecule has 0 unspecified atom stereocenters. The number of rotatable bonds is 0. The molecule has 0 bridgehead atoms. The number of nitrogens with zero attached hydrogens (tertiary/aromatic N) is 3. The zero-order chi connectivity index (χ0) is 12.0. The quantitative estimate of drug-likeness (QED) is 0.753. The Bertz CT molecular complexity index is 563. The van der Waals surface area contributed by atoms with Crippen molar-refractivity contribution >= 4 is 5.69 Å². The number of pyridine rings is 1. The van der Waals surface area contributed by atoms with E-state index in [0.717, 1.165) is 23.6 Å². The molecule has 3 rings (SSSR count). The summed E-state index contributed by atoms with van der Waals surface area (Å²) in [5.41, 5.74) is 4.68. The van der Waals surface area contributed by atoms with Crippen LogP contribution in [0.2, 0.25) is 0 Å². The first kappa shape index (κ1) is 10.3. The van der Waals surface area contributed by atoms with Crippen LogP contribution in [-0.2, 0) is 12.0 Å². The van der Waals surface area contributed by atoms with E-state index in [2.05, 4.69) is 40.6 Å². The van der Waals surface area contributed by atoms with Crippen LogP contribution < -0.4 is 5.32 Å². The second kappa shape index (κ2) is 3.32. The summed E-state index contributed by atoms with van der Waals surface area (Å²) in [6, 6.07) is 2.01. The van der Waals surface area contributed by atoms with Gasteiger partial charge in [0.1, 0.15) is 0 Å². The first-order valence-corrected chi connectivity index (χ1v) is 5.82. The molecular formula is C13H16N4. The summed E-state index contributed by atoms with van der Waals surface area (Å²) in [4.78, 5) is 8.70. The fourth-order valence-electron chi connectivity index (χ4n) is 2.29. The third-order valence-corrected chi connectivity index (χ3v) is 3.08. The van der Waals surface area contributed by atoms with Crippen molar-refractivity contribution in [3.8, 4) is 5.69 Å². The molecule has 0 radical (unpaired) electrons. The van der Waals surface area contributed by atoms with Crippen molar-refractivity contribution < 1.29 is 0 Å². The molecule has 88 valence electrons. The van der Waals surface area contributed by atoms with Gasteiger partial charge in [-0.2, -0.15) is 0 Å². The molecule has 0 aromatic carbocycles. The summed E-state index contributed by atoms with van der Waals surface area (Å²) < 4.78 is 2.16. The molecule has 4 nitrogen and oxygen atoms in total. The van der Waals surface area contributed by atoms with Crippen LogP contribution >= 0.6 is 0 Å². The van der Waals surface area contributed by atoms with E-state index < -0.39 is 0 Å². The Morgan fingerprint density at radius 2 is 2.18 bits per heavy atom. The third-order valence-electron chi connectivity index (χ3n) is 3.08. The summed E-state index contributed by atoms with van der Waals surface area (Å²) in [6.07, 6.45) is 5.58. The monoisotopic (exact) mass is 228 g/mol. The van der Waals surface area contributed by atoms with Crippen LogP contribution in [-0.4, -0.2) is 14.5 Å². The highest BCUT2D eigenvalue weighted by Crippen LogP contribution is 2.32. The molecule has 4 heteroatoms. The average molecular weight is 228 g/mol. The number of fused-ring (bicyclic) bond motifs is 3. The van der Waals surface area contributed by atoms with Crippen molar-refractivity contribution in [3.63, 3.8) is 0 Å². The second-order valence-electron chi connectivity index (χ2n) is 5.41. The summed E-state index contributed by atoms with van der Waals surface area (Å²) in [7, 11) is 0. The molecule has 3 heterocycles. The highest BCUT2D eigenvalue weighted by molar-refractivity contribution is 5.62. The van der Waals surface area contributed by atoms with Gasteiger partial charge >= 0.3 is 0 Å². The van der Waals surface area contributed by atoms with Gasteiger partial charge in [-0.25, -0.2) is 4.98 Å². The summed E-state index contributed by atoms with van der Waals surface area (Å²) in [6.45, 7) is 7.39. The van der Waals surface area contributed by atoms with Crippen molar-refractivity contribution in [2.45, 2.75) is 32.7 Å². The fourth-order valence-corrected chi connectivity index (χ4v) is 2.29. The third kappa shape index (κ3) is 1.52. The molecule has 1 N–H and O–H groups in total. The summed E-state index contributed by atoms with van der Waals surface area (Å²) in [5, 5.41) is 3.39. The molecule has 2 aromatic heterocycles. The molecule has 17 heavy (non-hydrogen) atoms. The minimum atomic E-state index is 0.0762. The number of anilines is 1. The van der Waals surface area contributed by atoms with Gasteiger partial charge in [0, 0.05) is 11.6 Å². The van der Waals surface area contributed by atoms with Crippen LogP contribution in [0.1, 0.15) is 32.2 Å². The van der Waals surface area contributed by atoms with Crippen LogP contribution in [0, 0.1) is 0 Å². The lowest BCUT2D eigenvalue weighted by molar-refractivity contribution is 0.563. The SMILES string of the molecule is CC(C)(C)c1ncn2c1CNc1cnccc1-2. The lowest BCUT2D eigenvalue weighted by atomic mass is 9.90. The Hall–Kier alpha value is -1.84. The maximum Gasteiger partial charge on any atom is 0.0999 e. The van der Waals surface area contributed by atoms with Gasteiger partial charge in [0.2, 0.25) is 0 Å². The van der Waals surface area contributed by atoms with Crippen molar-refractivity contribution in [3.05, 3.63) is 36.2 Å². The molecule has 1 aliphatic rings. The first-order chi connectivity index (χ1) is 8.07. The van der Waals surface area contributed by atoms with Crippen LogP contribution in [0.5, 0.6) is 0 Å². The van der Waals surface area contributed by atoms with E-state index in [0.29, 0.717) is 0 Å². The van der Waals surface area contributed by atoms with Gasteiger partial charge in [0.15, 0.2) is 0 Å². The van der Waals surface area contributed by atoms with Gasteiger partial charge < -0.3 is 5.32 Å². The lowest BCUT2D eigenvalue weighted by Gasteiger charge is -2.24. The Morgan fingerprint density at radius 1 is 1.35 bits per heavy atom. The maximum absolute atomic E-state index is 4.57. The molecular weight excluding hydrogens is 212 g/mol. The largest absolute Gasteiger partial charge is 0.376 e. The van der Waals surface area contributed by atoms with Crippen LogP contribution in [0.4, 0.5) is 5.69 Å². The van der Waals surface area contributed by atoms with Crippen molar-refractivity contribution in [1.29, 1.82) is 0 Å². The van der Waals surface area contributed by atoms with Crippen molar-refractivity contribution in [2.24, 2.45) is 0 Å². The molecule has 1 aliphatic heterocycles. The smallest absolute Gasteiger partial charge is 0.0999 e. The molecule has 0 saturated carbocycles. The van der Waals surface area contributed by atoms with Gasteiger partial charge in [-0.1, -0.05) is 20.8 Å². The Kier molecular flexibility index (Phi) is 2.02. The second-order valence-corrected chi connectivity index (χ2v) is 5.41. The van der Waals surface area contributed by atoms with E-state index in [1.807, 2.05) is 24.8 Å². The first-order valence-electron chi connectivity index (χ1n) is 5.82. The molecule has 0 amide bonds. The van der Waals surface area contributed by atoms with E-state index in [-0.39, 0.29) is 5.41 Å². The minimum absolute atomic E-state index is 0.0762. The van der Waals surface area contributed by atoms with Gasteiger partial charge in [-0.15, -0.1) is 0 Å². The highest BCUT2D eigenvalue weighted by atomic mass is 15.1. The fraction of sp³-hybridized carbons (Fsp3) is 0.385. The number of hydrogen-bond donors (Lipinski definition) is 1. The molecule has 0 atom stereocenters. The highest BCUT2D eigenvalue weighted by Gasteiger charge is 2.26. The van der Waals surface area contributed by atoms with Gasteiger partial charge in [0.25, 0.3) is 0 Å². The molecule has 0 fully saturated rings. The predicted octanol–water partition coefficient (Wildman–Crippen LogP) is 2.49. The number of nitrogens with one attached hydrogen (secondary N) is 1. The molecule has 0 aliphatic carbocycles. The van der Waals surface area contributed by atoms with E-state index in [1.165, 1.54) is 5.69 Å². The predicted molar refractivity (Wildman–Crippen MR) is 67.4 cm³/mol. The molecule has 0 spiro atoms. The average Bonchev–Trinajstić information content (AvgIpc) is 2.72. The normalized spacial score (nSPS) is 13.8. The van der Waals surface area contributed by atoms with E-state index >= 15 is 0 Å². The van der Waals surface area contributed by atoms with Gasteiger partial charge in [0.05, 0.1) is 41.8 Å². The number of hydrogen-bond acceptors (Lipinski definition) is 3. The summed E-state index contributed by atoms with van der Waals surface area (Å²) >= 11 is 0. The van der Waals surface area contributed by atoms with Crippen LogP contribution in [0.3, 0.4) is 0 Å². The minimum Gasteiger partial charge on any atom is -0.376 e. The Morgan fingerprint density at radius 3 is 2.94 bits per heavy atom. The Balaban J connectivity index is 2.20. The standard InChI is InChI=1S/C13H16N4/c1-13(2,3)12-11-7-15-9-6-14-5-4-10(9)17(11)8-16-12/h4-6,8,15H,7H2,1-3H3. The van der Waals surface area contributed by atoms with E-state index in [1.54, 1.807) is 0 Å². The lowest BCUT2D eigenvalue weighted by Crippen LogP contribution is -2.20. The van der Waals surface area contributed by atoms with E-state index in [4.69, 9.17) is 0 Å². The summed E-state index contributed by atoms with van der Waals surface area (Å²) in [5.74, 6) is 0. The maximum atomic E-state index is 4.57. The topological polar surface area (TPSA) is 42.7 Å². The zero-order valence-electron chi connectivity index (χ0n) is 10.4. The van der Waals surface area contributed by atoms with Gasteiger partial charge in [-0.3, -0.25) is 9.55 Å². The van der Waals surface area contributed by atoms with E-state index in [9.17, 15) is 0 Å². The molecule has 2 aromatic rings.